The van der Waals surface area contributed by atoms with Crippen LogP contribution in [-0.2, 0) is 23.8 Å². The van der Waals surface area contributed by atoms with Crippen molar-refractivity contribution in [2.75, 3.05) is 32.5 Å². The van der Waals surface area contributed by atoms with Crippen LogP contribution in [-0.4, -0.2) is 39.5 Å². The van der Waals surface area contributed by atoms with Gasteiger partial charge in [-0.15, -0.1) is 0 Å². The summed E-state index contributed by atoms with van der Waals surface area (Å²) in [6.45, 7) is -0.258. The van der Waals surface area contributed by atoms with Crippen LogP contribution in [0, 0.1) is 5.82 Å². The fourth-order valence-electron chi connectivity index (χ4n) is 2.11. The van der Waals surface area contributed by atoms with Gasteiger partial charge in [0.25, 0.3) is 0 Å². The molecule has 1 heterocycles. The molecule has 0 bridgehead atoms. The number of hydrogen-bond donors (Lipinski definition) is 0. The summed E-state index contributed by atoms with van der Waals surface area (Å²) in [5.74, 6) is -2.14. The van der Waals surface area contributed by atoms with Gasteiger partial charge in [-0.3, -0.25) is 0 Å². The summed E-state index contributed by atoms with van der Waals surface area (Å²) in [5.41, 5.74) is -0.109. The number of hydrogen-bond acceptors (Lipinski definition) is 6. The van der Waals surface area contributed by atoms with Gasteiger partial charge in [-0.05, 0) is 28.1 Å². The first-order valence-electron chi connectivity index (χ1n) is 6.30. The minimum absolute atomic E-state index is 0.0418. The van der Waals surface area contributed by atoms with Crippen LogP contribution in [0.4, 0.5) is 10.1 Å². The summed E-state index contributed by atoms with van der Waals surface area (Å²) in [5, 5.41) is 0. The average Bonchev–Trinajstić information content (AvgIpc) is 2.52. The van der Waals surface area contributed by atoms with Crippen LogP contribution in [0.3, 0.4) is 0 Å². The number of halogens is 3. The number of carbonyl (C=O) groups excluding carboxylic acids is 2. The highest BCUT2D eigenvalue weighted by atomic mass is 79.9. The molecule has 1 aliphatic rings. The highest BCUT2D eigenvalue weighted by molar-refractivity contribution is 9.11. The van der Waals surface area contributed by atoms with Crippen molar-refractivity contribution >= 4 is 49.5 Å². The summed E-state index contributed by atoms with van der Waals surface area (Å²) >= 11 is 6.43. The highest BCUT2D eigenvalue weighted by Crippen LogP contribution is 2.36. The van der Waals surface area contributed by atoms with E-state index in [2.05, 4.69) is 36.6 Å². The molecule has 0 unspecified atom stereocenters. The third-order valence-corrected chi connectivity index (χ3v) is 4.15. The molecule has 23 heavy (non-hydrogen) atoms. The van der Waals surface area contributed by atoms with E-state index in [4.69, 9.17) is 9.47 Å². The number of rotatable bonds is 3. The summed E-state index contributed by atoms with van der Waals surface area (Å²) < 4.78 is 30.0. The van der Waals surface area contributed by atoms with E-state index in [0.29, 0.717) is 8.95 Å². The zero-order chi connectivity index (χ0) is 17.1. The number of anilines is 1. The van der Waals surface area contributed by atoms with Gasteiger partial charge in [0.15, 0.2) is 0 Å². The van der Waals surface area contributed by atoms with E-state index in [9.17, 15) is 14.0 Å². The van der Waals surface area contributed by atoms with Crippen molar-refractivity contribution in [1.82, 2.24) is 0 Å². The van der Waals surface area contributed by atoms with Crippen LogP contribution in [0.15, 0.2) is 32.3 Å². The largest absolute Gasteiger partial charge is 0.466 e. The Morgan fingerprint density at radius 1 is 1.22 bits per heavy atom. The maximum absolute atomic E-state index is 14.4. The van der Waals surface area contributed by atoms with E-state index in [0.717, 1.165) is 0 Å². The van der Waals surface area contributed by atoms with Gasteiger partial charge in [-0.1, -0.05) is 15.9 Å². The van der Waals surface area contributed by atoms with Gasteiger partial charge in [0.05, 0.1) is 32.1 Å². The van der Waals surface area contributed by atoms with E-state index >= 15 is 0 Å². The molecule has 0 amide bonds. The molecule has 1 aromatic carbocycles. The van der Waals surface area contributed by atoms with Crippen LogP contribution in [0.2, 0.25) is 0 Å². The van der Waals surface area contributed by atoms with E-state index in [1.54, 1.807) is 6.07 Å². The lowest BCUT2D eigenvalue weighted by Crippen LogP contribution is -2.39. The molecule has 0 aromatic heterocycles. The monoisotopic (exact) mass is 451 g/mol. The Bertz CT molecular complexity index is 669. The van der Waals surface area contributed by atoms with E-state index in [1.165, 1.54) is 25.2 Å². The first kappa shape index (κ1) is 17.9. The first-order valence-corrected chi connectivity index (χ1v) is 7.88. The van der Waals surface area contributed by atoms with E-state index < -0.39 is 17.8 Å². The number of benzene rings is 1. The molecule has 0 N–H and O–H groups in total. The van der Waals surface area contributed by atoms with Crippen LogP contribution < -0.4 is 4.90 Å². The lowest BCUT2D eigenvalue weighted by Gasteiger charge is -2.32. The predicted molar refractivity (Wildman–Crippen MR) is 86.2 cm³/mol. The van der Waals surface area contributed by atoms with Gasteiger partial charge in [-0.2, -0.15) is 0 Å². The van der Waals surface area contributed by atoms with Gasteiger partial charge in [-0.25, -0.2) is 14.0 Å². The van der Waals surface area contributed by atoms with Crippen molar-refractivity contribution < 1.29 is 28.2 Å². The van der Waals surface area contributed by atoms with Gasteiger partial charge < -0.3 is 19.1 Å². The molecule has 2 rings (SSSR count). The highest BCUT2D eigenvalue weighted by Gasteiger charge is 2.34. The maximum Gasteiger partial charge on any atom is 0.355 e. The van der Waals surface area contributed by atoms with Gasteiger partial charge in [0.1, 0.15) is 18.2 Å². The molecular weight excluding hydrogens is 441 g/mol. The molecule has 0 atom stereocenters. The Hall–Kier alpha value is -1.45. The molecule has 0 fully saturated rings. The van der Waals surface area contributed by atoms with Crippen molar-refractivity contribution in [3.05, 3.63) is 38.2 Å². The molecule has 1 aliphatic heterocycles. The lowest BCUT2D eigenvalue weighted by atomic mass is 10.1. The average molecular weight is 453 g/mol. The molecule has 0 saturated carbocycles. The van der Waals surface area contributed by atoms with Crippen molar-refractivity contribution in [3.8, 4) is 0 Å². The first-order chi connectivity index (χ1) is 10.9. The summed E-state index contributed by atoms with van der Waals surface area (Å²) in [4.78, 5) is 25.3. The summed E-state index contributed by atoms with van der Waals surface area (Å²) in [7, 11) is 2.35. The predicted octanol–water partition coefficient (Wildman–Crippen LogP) is 2.74. The molecule has 9 heteroatoms. The van der Waals surface area contributed by atoms with Crippen LogP contribution in [0.25, 0.3) is 0 Å². The van der Waals surface area contributed by atoms with Crippen molar-refractivity contribution in [3.63, 3.8) is 0 Å². The third-order valence-electron chi connectivity index (χ3n) is 3.08. The Kier molecular flexibility index (Phi) is 5.77. The van der Waals surface area contributed by atoms with Gasteiger partial charge in [0.2, 0.25) is 0 Å². The van der Waals surface area contributed by atoms with Crippen LogP contribution in [0.5, 0.6) is 0 Å². The molecular formula is C14H12Br2FNO5. The number of esters is 2. The molecule has 124 valence electrons. The molecule has 0 radical (unpaired) electrons. The van der Waals surface area contributed by atoms with E-state index in [-0.39, 0.29) is 30.3 Å². The van der Waals surface area contributed by atoms with Gasteiger partial charge in [0, 0.05) is 8.95 Å². The second-order valence-electron chi connectivity index (χ2n) is 4.43. The molecule has 0 saturated heterocycles. The topological polar surface area (TPSA) is 65.1 Å². The number of carbonyl (C=O) groups is 2. The van der Waals surface area contributed by atoms with Gasteiger partial charge >= 0.3 is 11.9 Å². The Balaban J connectivity index is 2.65. The maximum atomic E-state index is 14.4. The number of nitrogens with zero attached hydrogens (tertiary/aromatic N) is 1. The second-order valence-corrected chi connectivity index (χ2v) is 6.20. The van der Waals surface area contributed by atoms with Crippen molar-refractivity contribution in [1.29, 1.82) is 0 Å². The zero-order valence-electron chi connectivity index (χ0n) is 12.2. The minimum atomic E-state index is -0.789. The number of methoxy groups -OCH3 is 2. The Labute approximate surface area is 148 Å². The second kappa shape index (κ2) is 7.41. The Morgan fingerprint density at radius 2 is 1.87 bits per heavy atom. The third kappa shape index (κ3) is 3.56. The van der Waals surface area contributed by atoms with Crippen LogP contribution in [0.1, 0.15) is 0 Å². The van der Waals surface area contributed by atoms with Crippen molar-refractivity contribution in [2.45, 2.75) is 0 Å². The smallest absolute Gasteiger partial charge is 0.355 e. The summed E-state index contributed by atoms with van der Waals surface area (Å²) in [6.07, 6.45) is 0. The van der Waals surface area contributed by atoms with Crippen molar-refractivity contribution in [2.24, 2.45) is 0 Å². The van der Waals surface area contributed by atoms with E-state index in [1.807, 2.05) is 0 Å². The lowest BCUT2D eigenvalue weighted by molar-refractivity contribution is -0.140. The SMILES string of the molecule is COC(=O)C1=C(C(=O)OC)N(c2c(F)cc(Br)cc2Br)COC1. The standard InChI is InChI=1S/C14H12Br2FNO5/c1-21-13(19)8-5-23-6-18(11(8)14(20)22-2)12-9(16)3-7(15)4-10(12)17/h3-4H,5-6H2,1-2H3. The molecule has 0 spiro atoms. The quantitative estimate of drug-likeness (QED) is 0.657. The molecule has 0 aliphatic carbocycles. The number of ether oxygens (including phenoxy) is 3. The molecule has 1 aromatic rings. The zero-order valence-corrected chi connectivity index (χ0v) is 15.4. The fourth-order valence-corrected chi connectivity index (χ4v) is 3.50. The summed E-state index contributed by atoms with van der Waals surface area (Å²) in [6, 6.07) is 2.85. The Morgan fingerprint density at radius 3 is 2.43 bits per heavy atom. The molecule has 6 nitrogen and oxygen atoms in total. The normalized spacial score (nSPS) is 14.7. The minimum Gasteiger partial charge on any atom is -0.466 e. The van der Waals surface area contributed by atoms with Crippen LogP contribution >= 0.6 is 31.9 Å². The fraction of sp³-hybridized carbons (Fsp3) is 0.286.